The summed E-state index contributed by atoms with van der Waals surface area (Å²) < 4.78 is 28.1. The predicted molar refractivity (Wildman–Crippen MR) is 76.5 cm³/mol. The van der Waals surface area contributed by atoms with Crippen molar-refractivity contribution in [3.05, 3.63) is 0 Å². The van der Waals surface area contributed by atoms with Crippen LogP contribution in [0.4, 0.5) is 0 Å². The largest absolute Gasteiger partial charge is 0.466 e. The zero-order chi connectivity index (χ0) is 15.1. The molecule has 19 heavy (non-hydrogen) atoms. The van der Waals surface area contributed by atoms with E-state index in [4.69, 9.17) is 10.5 Å². The summed E-state index contributed by atoms with van der Waals surface area (Å²) in [6.07, 6.45) is 0.879. The molecule has 0 radical (unpaired) electrons. The van der Waals surface area contributed by atoms with Crippen LogP contribution in [-0.2, 0) is 19.4 Å². The summed E-state index contributed by atoms with van der Waals surface area (Å²) in [5.74, 6) is -0.0801. The topological polar surface area (TPSA) is 86.5 Å². The van der Waals surface area contributed by atoms with Crippen molar-refractivity contribution in [1.29, 1.82) is 0 Å². The molecule has 0 heterocycles. The van der Waals surface area contributed by atoms with Gasteiger partial charge in [0.05, 0.1) is 17.8 Å². The molecule has 0 bridgehead atoms. The smallest absolute Gasteiger partial charge is 0.313 e. The highest BCUT2D eigenvalue weighted by Crippen LogP contribution is 2.33. The normalized spacial score (nSPS) is 15.3. The van der Waals surface area contributed by atoms with Crippen molar-refractivity contribution in [3.63, 3.8) is 0 Å². The second-order valence-electron chi connectivity index (χ2n) is 5.08. The molecule has 0 saturated heterocycles. The molecule has 0 fully saturated rings. The lowest BCUT2D eigenvalue weighted by atomic mass is 9.74. The van der Waals surface area contributed by atoms with Crippen LogP contribution in [0.2, 0.25) is 0 Å². The van der Waals surface area contributed by atoms with E-state index in [-0.39, 0.29) is 29.9 Å². The average molecular weight is 293 g/mol. The second kappa shape index (κ2) is 7.85. The first-order chi connectivity index (χ1) is 8.75. The first kappa shape index (κ1) is 18.4. The predicted octanol–water partition coefficient (Wildman–Crippen LogP) is 1.37. The van der Waals surface area contributed by atoms with Gasteiger partial charge >= 0.3 is 5.97 Å². The number of nitrogens with two attached hydrogens (primary N) is 1. The first-order valence-electron chi connectivity index (χ1n) is 6.83. The van der Waals surface area contributed by atoms with Gasteiger partial charge in [0.25, 0.3) is 0 Å². The van der Waals surface area contributed by atoms with Gasteiger partial charge in [-0.05, 0) is 25.7 Å². The average Bonchev–Trinajstić information content (AvgIpc) is 2.34. The number of hydrogen-bond acceptors (Lipinski definition) is 5. The summed E-state index contributed by atoms with van der Waals surface area (Å²) in [4.78, 5) is 12.1. The lowest BCUT2D eigenvalue weighted by Gasteiger charge is -2.34. The molecule has 0 aromatic heterocycles. The third-order valence-corrected chi connectivity index (χ3v) is 5.46. The zero-order valence-corrected chi connectivity index (χ0v) is 13.3. The fourth-order valence-corrected chi connectivity index (χ4v) is 2.95. The van der Waals surface area contributed by atoms with E-state index < -0.39 is 15.3 Å². The molecule has 5 nitrogen and oxygen atoms in total. The molecule has 0 spiro atoms. The van der Waals surface area contributed by atoms with E-state index in [0.717, 1.165) is 0 Å². The summed E-state index contributed by atoms with van der Waals surface area (Å²) in [5.41, 5.74) is 4.99. The number of sulfone groups is 1. The molecule has 0 aliphatic heterocycles. The molecule has 0 aromatic carbocycles. The molecule has 1 atom stereocenters. The Balaban J connectivity index is 4.83. The van der Waals surface area contributed by atoms with E-state index in [0.29, 0.717) is 19.4 Å². The van der Waals surface area contributed by atoms with Crippen LogP contribution in [-0.4, -0.2) is 39.0 Å². The van der Waals surface area contributed by atoms with Crippen LogP contribution in [0.3, 0.4) is 0 Å². The molecule has 0 saturated carbocycles. The third kappa shape index (κ3) is 5.10. The van der Waals surface area contributed by atoms with Crippen molar-refractivity contribution in [2.24, 2.45) is 17.1 Å². The molecule has 114 valence electrons. The van der Waals surface area contributed by atoms with Gasteiger partial charge in [-0.15, -0.1) is 0 Å². The van der Waals surface area contributed by atoms with Crippen LogP contribution >= 0.6 is 0 Å². The fourth-order valence-electron chi connectivity index (χ4n) is 2.07. The van der Waals surface area contributed by atoms with Crippen LogP contribution in [0.15, 0.2) is 0 Å². The van der Waals surface area contributed by atoms with Gasteiger partial charge < -0.3 is 10.5 Å². The van der Waals surface area contributed by atoms with Crippen molar-refractivity contribution in [3.8, 4) is 0 Å². The van der Waals surface area contributed by atoms with Crippen LogP contribution in [0, 0.1) is 11.3 Å². The standard InChI is InChI=1S/C13H27NO4S/c1-5-18-12(15)13(10-14,11(3)4)8-7-9-19(16,17)6-2/h11H,5-10,14H2,1-4H3. The lowest BCUT2D eigenvalue weighted by molar-refractivity contribution is -0.158. The second-order valence-corrected chi connectivity index (χ2v) is 7.55. The van der Waals surface area contributed by atoms with Crippen LogP contribution in [0.25, 0.3) is 0 Å². The number of ether oxygens (including phenoxy) is 1. The molecule has 2 N–H and O–H groups in total. The van der Waals surface area contributed by atoms with Gasteiger partial charge in [-0.3, -0.25) is 4.79 Å². The Morgan fingerprint density at radius 1 is 1.32 bits per heavy atom. The lowest BCUT2D eigenvalue weighted by Crippen LogP contribution is -2.44. The number of carbonyl (C=O) groups excluding carboxylic acids is 1. The molecular weight excluding hydrogens is 266 g/mol. The molecule has 0 aliphatic carbocycles. The van der Waals surface area contributed by atoms with E-state index in [1.54, 1.807) is 13.8 Å². The van der Waals surface area contributed by atoms with Crippen LogP contribution in [0.1, 0.15) is 40.5 Å². The van der Waals surface area contributed by atoms with E-state index in [9.17, 15) is 13.2 Å². The molecule has 1 unspecified atom stereocenters. The van der Waals surface area contributed by atoms with Crippen LogP contribution < -0.4 is 5.73 Å². The van der Waals surface area contributed by atoms with Crippen molar-refractivity contribution < 1.29 is 17.9 Å². The maximum absolute atomic E-state index is 12.1. The maximum atomic E-state index is 12.1. The summed E-state index contributed by atoms with van der Waals surface area (Å²) in [5, 5.41) is 0. The highest BCUT2D eigenvalue weighted by atomic mass is 32.2. The molecular formula is C13H27NO4S. The van der Waals surface area contributed by atoms with Gasteiger partial charge in [-0.1, -0.05) is 20.8 Å². The Kier molecular flexibility index (Phi) is 7.59. The minimum absolute atomic E-state index is 0.0147. The first-order valence-corrected chi connectivity index (χ1v) is 8.65. The quantitative estimate of drug-likeness (QED) is 0.649. The van der Waals surface area contributed by atoms with Gasteiger partial charge in [0.1, 0.15) is 9.84 Å². The van der Waals surface area contributed by atoms with Crippen molar-refractivity contribution in [1.82, 2.24) is 0 Å². The van der Waals surface area contributed by atoms with Gasteiger partial charge in [0.15, 0.2) is 0 Å². The van der Waals surface area contributed by atoms with Gasteiger partial charge in [0.2, 0.25) is 0 Å². The number of rotatable bonds is 9. The summed E-state index contributed by atoms with van der Waals surface area (Å²) >= 11 is 0. The van der Waals surface area contributed by atoms with Gasteiger partial charge in [-0.2, -0.15) is 0 Å². The minimum Gasteiger partial charge on any atom is -0.466 e. The Hall–Kier alpha value is -0.620. The van der Waals surface area contributed by atoms with Gasteiger partial charge in [0, 0.05) is 12.3 Å². The zero-order valence-electron chi connectivity index (χ0n) is 12.4. The summed E-state index contributed by atoms with van der Waals surface area (Å²) in [7, 11) is -3.01. The highest BCUT2D eigenvalue weighted by molar-refractivity contribution is 7.91. The highest BCUT2D eigenvalue weighted by Gasteiger charge is 2.41. The molecule has 6 heteroatoms. The summed E-state index contributed by atoms with van der Waals surface area (Å²) in [6, 6.07) is 0. The Bertz CT molecular complexity index is 378. The molecule has 0 aliphatic rings. The molecule has 0 rings (SSSR count). The van der Waals surface area contributed by atoms with Gasteiger partial charge in [-0.25, -0.2) is 8.42 Å². The molecule has 0 aromatic rings. The van der Waals surface area contributed by atoms with Crippen LogP contribution in [0.5, 0.6) is 0 Å². The number of carbonyl (C=O) groups is 1. The third-order valence-electron chi connectivity index (χ3n) is 3.67. The van der Waals surface area contributed by atoms with E-state index in [2.05, 4.69) is 0 Å². The van der Waals surface area contributed by atoms with E-state index >= 15 is 0 Å². The SMILES string of the molecule is CCOC(=O)C(CN)(CCCS(=O)(=O)CC)C(C)C. The number of esters is 1. The monoisotopic (exact) mass is 293 g/mol. The summed E-state index contributed by atoms with van der Waals surface area (Å²) in [6.45, 7) is 7.69. The molecule has 0 amide bonds. The van der Waals surface area contributed by atoms with E-state index in [1.807, 2.05) is 13.8 Å². The minimum atomic E-state index is -3.01. The van der Waals surface area contributed by atoms with Crippen molar-refractivity contribution in [2.75, 3.05) is 24.7 Å². The Morgan fingerprint density at radius 3 is 2.26 bits per heavy atom. The Morgan fingerprint density at radius 2 is 1.89 bits per heavy atom. The van der Waals surface area contributed by atoms with Crippen molar-refractivity contribution in [2.45, 2.75) is 40.5 Å². The van der Waals surface area contributed by atoms with Crippen molar-refractivity contribution >= 4 is 15.8 Å². The number of hydrogen-bond donors (Lipinski definition) is 1. The van der Waals surface area contributed by atoms with E-state index in [1.165, 1.54) is 0 Å². The maximum Gasteiger partial charge on any atom is 0.313 e. The Labute approximate surface area is 116 Å². The fraction of sp³-hybridized carbons (Fsp3) is 0.923.